The van der Waals surface area contributed by atoms with Crippen LogP contribution in [-0.4, -0.2) is 20.9 Å². The quantitative estimate of drug-likeness (QED) is 0.678. The maximum Gasteiger partial charge on any atom is 0.329 e. The number of fused-ring (bicyclic) bond motifs is 1. The Morgan fingerprint density at radius 3 is 2.88 bits per heavy atom. The highest BCUT2D eigenvalue weighted by atomic mass is 79.9. The van der Waals surface area contributed by atoms with Crippen molar-refractivity contribution in [2.75, 3.05) is 0 Å². The first kappa shape index (κ1) is 16.5. The largest absolute Gasteiger partial charge is 0.493 e. The summed E-state index contributed by atoms with van der Waals surface area (Å²) >= 11 is 3.42. The van der Waals surface area contributed by atoms with Gasteiger partial charge in [0.1, 0.15) is 11.5 Å². The summed E-state index contributed by atoms with van der Waals surface area (Å²) in [6.45, 7) is -0.0623. The molecular formula is C19H13BrFN3O2. The molecule has 0 spiro atoms. The number of H-pyrrole nitrogens is 1. The van der Waals surface area contributed by atoms with Gasteiger partial charge < -0.3 is 10.1 Å². The number of hydrogen-bond acceptors (Lipinski definition) is 3. The average molecular weight is 414 g/mol. The maximum atomic E-state index is 13.8. The number of aromatic nitrogens is 2. The highest BCUT2D eigenvalue weighted by Crippen LogP contribution is 2.35. The van der Waals surface area contributed by atoms with Crippen LogP contribution in [0.5, 0.6) is 5.88 Å². The SMILES string of the molecule is O=c1[nH]c(C=C2C=Nc3ccc(Br)cc32)c(O)n1Cc1ccccc1F. The Morgan fingerprint density at radius 1 is 1.27 bits per heavy atom. The second-order valence-corrected chi connectivity index (χ2v) is 6.78. The first-order valence-electron chi connectivity index (χ1n) is 7.84. The van der Waals surface area contributed by atoms with Crippen molar-refractivity contribution in [3.05, 3.63) is 80.1 Å². The van der Waals surface area contributed by atoms with Gasteiger partial charge in [-0.25, -0.2) is 9.18 Å². The Hall–Kier alpha value is -2.93. The molecule has 7 heteroatoms. The smallest absolute Gasteiger partial charge is 0.329 e. The summed E-state index contributed by atoms with van der Waals surface area (Å²) in [6.07, 6.45) is 3.32. The van der Waals surface area contributed by atoms with Gasteiger partial charge in [-0.05, 0) is 30.3 Å². The molecule has 0 saturated heterocycles. The fourth-order valence-electron chi connectivity index (χ4n) is 2.86. The van der Waals surface area contributed by atoms with Gasteiger partial charge in [-0.2, -0.15) is 0 Å². The fourth-order valence-corrected chi connectivity index (χ4v) is 3.22. The van der Waals surface area contributed by atoms with Crippen molar-refractivity contribution in [1.29, 1.82) is 0 Å². The molecule has 2 heterocycles. The normalized spacial score (nSPS) is 14.2. The van der Waals surface area contributed by atoms with Gasteiger partial charge in [-0.15, -0.1) is 0 Å². The van der Waals surface area contributed by atoms with Crippen molar-refractivity contribution in [2.24, 2.45) is 4.99 Å². The molecule has 0 atom stereocenters. The second-order valence-electron chi connectivity index (χ2n) is 5.86. The van der Waals surface area contributed by atoms with Crippen LogP contribution in [0.25, 0.3) is 11.6 Å². The number of hydrogen-bond donors (Lipinski definition) is 2. The zero-order chi connectivity index (χ0) is 18.3. The van der Waals surface area contributed by atoms with Crippen LogP contribution in [0.3, 0.4) is 0 Å². The molecule has 4 rings (SSSR count). The summed E-state index contributed by atoms with van der Waals surface area (Å²) < 4.78 is 15.8. The van der Waals surface area contributed by atoms with E-state index in [1.807, 2.05) is 18.2 Å². The third-order valence-electron chi connectivity index (χ3n) is 4.18. The number of imidazole rings is 1. The van der Waals surface area contributed by atoms with Crippen LogP contribution in [0.1, 0.15) is 16.8 Å². The van der Waals surface area contributed by atoms with Crippen molar-refractivity contribution >= 4 is 39.5 Å². The molecule has 2 N–H and O–H groups in total. The fraction of sp³-hybridized carbons (Fsp3) is 0.0526. The molecule has 26 heavy (non-hydrogen) atoms. The first-order valence-corrected chi connectivity index (χ1v) is 8.63. The van der Waals surface area contributed by atoms with E-state index in [-0.39, 0.29) is 18.1 Å². The van der Waals surface area contributed by atoms with Crippen LogP contribution in [0.2, 0.25) is 0 Å². The van der Waals surface area contributed by atoms with E-state index in [0.717, 1.165) is 25.9 Å². The molecule has 3 aromatic rings. The van der Waals surface area contributed by atoms with E-state index >= 15 is 0 Å². The van der Waals surface area contributed by atoms with Gasteiger partial charge in [-0.3, -0.25) is 9.56 Å². The molecule has 130 valence electrons. The lowest BCUT2D eigenvalue weighted by Crippen LogP contribution is -2.17. The minimum atomic E-state index is -0.512. The Morgan fingerprint density at radius 2 is 2.08 bits per heavy atom. The van der Waals surface area contributed by atoms with Crippen LogP contribution in [0.4, 0.5) is 10.1 Å². The molecule has 0 bridgehead atoms. The molecule has 1 aromatic heterocycles. The number of aromatic hydroxyl groups is 1. The van der Waals surface area contributed by atoms with E-state index < -0.39 is 11.5 Å². The van der Waals surface area contributed by atoms with Gasteiger partial charge in [0, 0.05) is 27.4 Å². The lowest BCUT2D eigenvalue weighted by Gasteiger charge is -2.05. The monoisotopic (exact) mass is 413 g/mol. The topological polar surface area (TPSA) is 70.4 Å². The van der Waals surface area contributed by atoms with Crippen LogP contribution in [-0.2, 0) is 6.54 Å². The average Bonchev–Trinajstić information content (AvgIpc) is 3.13. The maximum absolute atomic E-state index is 13.8. The summed E-state index contributed by atoms with van der Waals surface area (Å²) in [5, 5.41) is 10.4. The van der Waals surface area contributed by atoms with Crippen LogP contribution in [0.15, 0.2) is 56.7 Å². The molecule has 1 aliphatic rings. The van der Waals surface area contributed by atoms with Gasteiger partial charge in [0.05, 0.1) is 12.2 Å². The van der Waals surface area contributed by atoms with Gasteiger partial charge in [0.2, 0.25) is 5.88 Å². The third-order valence-corrected chi connectivity index (χ3v) is 4.68. The van der Waals surface area contributed by atoms with E-state index in [4.69, 9.17) is 0 Å². The minimum Gasteiger partial charge on any atom is -0.493 e. The van der Waals surface area contributed by atoms with E-state index in [1.54, 1.807) is 30.5 Å². The van der Waals surface area contributed by atoms with E-state index in [0.29, 0.717) is 5.56 Å². The number of rotatable bonds is 3. The number of benzene rings is 2. The molecule has 0 amide bonds. The van der Waals surface area contributed by atoms with Crippen molar-refractivity contribution in [1.82, 2.24) is 9.55 Å². The molecule has 2 aromatic carbocycles. The molecule has 0 saturated carbocycles. The number of nitrogens with zero attached hydrogens (tertiary/aromatic N) is 2. The van der Waals surface area contributed by atoms with E-state index in [9.17, 15) is 14.3 Å². The highest BCUT2D eigenvalue weighted by Gasteiger charge is 2.17. The Kier molecular flexibility index (Phi) is 4.08. The van der Waals surface area contributed by atoms with Crippen molar-refractivity contribution in [3.63, 3.8) is 0 Å². The lowest BCUT2D eigenvalue weighted by atomic mass is 10.1. The summed E-state index contributed by atoms with van der Waals surface area (Å²) in [4.78, 5) is 19.1. The predicted octanol–water partition coefficient (Wildman–Crippen LogP) is 4.09. The van der Waals surface area contributed by atoms with Crippen molar-refractivity contribution in [3.8, 4) is 5.88 Å². The highest BCUT2D eigenvalue weighted by molar-refractivity contribution is 9.10. The number of aromatic amines is 1. The number of aliphatic imine (C=N–C) groups is 1. The summed E-state index contributed by atoms with van der Waals surface area (Å²) in [6, 6.07) is 11.8. The Balaban J connectivity index is 1.73. The molecule has 5 nitrogen and oxygen atoms in total. The molecule has 0 unspecified atom stereocenters. The second kappa shape index (κ2) is 6.42. The zero-order valence-electron chi connectivity index (χ0n) is 13.4. The van der Waals surface area contributed by atoms with Crippen LogP contribution >= 0.6 is 15.9 Å². The first-order chi connectivity index (χ1) is 12.5. The van der Waals surface area contributed by atoms with Crippen molar-refractivity contribution < 1.29 is 9.50 Å². The molecule has 0 fully saturated rings. The van der Waals surface area contributed by atoms with Crippen molar-refractivity contribution in [2.45, 2.75) is 6.54 Å². The molecular weight excluding hydrogens is 401 g/mol. The van der Waals surface area contributed by atoms with Gasteiger partial charge in [-0.1, -0.05) is 34.1 Å². The third kappa shape index (κ3) is 2.90. The standard InChI is InChI=1S/C19H13BrFN3O2/c20-13-5-6-16-14(8-13)12(9-22-16)7-17-18(25)24(19(26)23-17)10-11-3-1-2-4-15(11)21/h1-9,25H,10H2,(H,23,26). The number of allylic oxidation sites excluding steroid dienone is 1. The molecule has 0 radical (unpaired) electrons. The molecule has 0 aliphatic carbocycles. The molecule has 1 aliphatic heterocycles. The summed E-state index contributed by atoms with van der Waals surface area (Å²) in [7, 11) is 0. The van der Waals surface area contributed by atoms with Gasteiger partial charge >= 0.3 is 5.69 Å². The zero-order valence-corrected chi connectivity index (χ0v) is 15.0. The Bertz CT molecular complexity index is 1130. The summed E-state index contributed by atoms with van der Waals surface area (Å²) in [5.74, 6) is -0.677. The van der Waals surface area contributed by atoms with Gasteiger partial charge in [0.15, 0.2) is 0 Å². The van der Waals surface area contributed by atoms with Crippen LogP contribution in [0, 0.1) is 5.82 Å². The number of nitrogens with one attached hydrogen (secondary N) is 1. The minimum absolute atomic E-state index is 0.0623. The Labute approximate surface area is 156 Å². The van der Waals surface area contributed by atoms with E-state index in [1.165, 1.54) is 6.07 Å². The summed E-state index contributed by atoms with van der Waals surface area (Å²) in [5.41, 5.74) is 2.52. The van der Waals surface area contributed by atoms with Crippen LogP contribution < -0.4 is 5.69 Å². The predicted molar refractivity (Wildman–Crippen MR) is 102 cm³/mol. The number of halogens is 2. The van der Waals surface area contributed by atoms with Gasteiger partial charge in [0.25, 0.3) is 0 Å². The van der Waals surface area contributed by atoms with E-state index in [2.05, 4.69) is 25.9 Å². The lowest BCUT2D eigenvalue weighted by molar-refractivity contribution is 0.418.